The van der Waals surface area contributed by atoms with Crippen LogP contribution in [0.4, 0.5) is 0 Å². The summed E-state index contributed by atoms with van der Waals surface area (Å²) < 4.78 is 0. The second kappa shape index (κ2) is 4.29. The highest BCUT2D eigenvalue weighted by molar-refractivity contribution is 5.95. The van der Waals surface area contributed by atoms with Crippen molar-refractivity contribution in [1.82, 2.24) is 19.9 Å². The number of pyridine rings is 1. The van der Waals surface area contributed by atoms with E-state index in [2.05, 4.69) is 30.7 Å². The molecule has 0 saturated heterocycles. The number of imidazole rings is 1. The SMILES string of the molecule is CC(C)(C)c1nc2c3c(ncc2[nH]1)C1=CCC(=O)CN1C=C3. The number of H-pyrrole nitrogens is 1. The van der Waals surface area contributed by atoms with Gasteiger partial charge in [0.25, 0.3) is 0 Å². The number of aromatic amines is 1. The van der Waals surface area contributed by atoms with Crippen molar-refractivity contribution in [2.45, 2.75) is 32.6 Å². The highest BCUT2D eigenvalue weighted by atomic mass is 16.1. The number of ketones is 1. The number of carbonyl (C=O) groups excluding carboxylic acids is 1. The van der Waals surface area contributed by atoms with Crippen LogP contribution in [-0.2, 0) is 10.2 Å². The van der Waals surface area contributed by atoms with Crippen molar-refractivity contribution in [2.24, 2.45) is 0 Å². The summed E-state index contributed by atoms with van der Waals surface area (Å²) in [6, 6.07) is 0. The molecule has 0 saturated carbocycles. The minimum absolute atomic E-state index is 0.0349. The number of hydrogen-bond acceptors (Lipinski definition) is 4. The Morgan fingerprint density at radius 1 is 1.32 bits per heavy atom. The lowest BCUT2D eigenvalue weighted by Gasteiger charge is -2.29. The number of Topliss-reactive ketones (excluding diaryl/α,β-unsaturated/α-hetero) is 1. The standard InChI is InChI=1S/C17H18N4O/c1-17(2,3)16-19-12-8-18-15-11(14(12)20-16)6-7-21-9-10(22)4-5-13(15)21/h5-8H,4,9H2,1-3H3,(H,19,20). The van der Waals surface area contributed by atoms with Crippen molar-refractivity contribution in [1.29, 1.82) is 0 Å². The van der Waals surface area contributed by atoms with Crippen molar-refractivity contribution in [3.63, 3.8) is 0 Å². The molecule has 5 nitrogen and oxygen atoms in total. The predicted octanol–water partition coefficient (Wildman–Crippen LogP) is 2.86. The number of nitrogens with zero attached hydrogens (tertiary/aromatic N) is 3. The Kier molecular flexibility index (Phi) is 2.58. The fourth-order valence-electron chi connectivity index (χ4n) is 2.91. The summed E-state index contributed by atoms with van der Waals surface area (Å²) in [4.78, 5) is 26.3. The minimum Gasteiger partial charge on any atom is -0.340 e. The third-order valence-electron chi connectivity index (χ3n) is 4.12. The zero-order valence-electron chi connectivity index (χ0n) is 13.0. The van der Waals surface area contributed by atoms with Crippen molar-refractivity contribution in [3.8, 4) is 0 Å². The smallest absolute Gasteiger partial charge is 0.156 e. The monoisotopic (exact) mass is 294 g/mol. The Labute approximate surface area is 128 Å². The molecule has 0 amide bonds. The lowest BCUT2D eigenvalue weighted by atomic mass is 9.96. The second-order valence-corrected chi connectivity index (χ2v) is 6.89. The fourth-order valence-corrected chi connectivity index (χ4v) is 2.91. The molecular weight excluding hydrogens is 276 g/mol. The molecule has 0 aromatic carbocycles. The molecule has 1 N–H and O–H groups in total. The molecule has 2 aliphatic heterocycles. The summed E-state index contributed by atoms with van der Waals surface area (Å²) in [7, 11) is 0. The van der Waals surface area contributed by atoms with Crippen molar-refractivity contribution in [3.05, 3.63) is 35.6 Å². The van der Waals surface area contributed by atoms with Gasteiger partial charge in [-0.3, -0.25) is 9.78 Å². The summed E-state index contributed by atoms with van der Waals surface area (Å²) >= 11 is 0. The first kappa shape index (κ1) is 13.2. The first-order valence-corrected chi connectivity index (χ1v) is 7.50. The number of rotatable bonds is 0. The van der Waals surface area contributed by atoms with E-state index in [0.717, 1.165) is 33.8 Å². The van der Waals surface area contributed by atoms with Crippen LogP contribution < -0.4 is 0 Å². The van der Waals surface area contributed by atoms with E-state index in [1.54, 1.807) is 0 Å². The molecule has 0 unspecified atom stereocenters. The fraction of sp³-hybridized carbons (Fsp3) is 0.353. The van der Waals surface area contributed by atoms with Gasteiger partial charge in [0.2, 0.25) is 0 Å². The molecule has 2 aliphatic rings. The number of nitrogens with one attached hydrogen (secondary N) is 1. The van der Waals surface area contributed by atoms with E-state index in [1.165, 1.54) is 0 Å². The summed E-state index contributed by atoms with van der Waals surface area (Å²) in [6.07, 6.45) is 8.24. The zero-order chi connectivity index (χ0) is 15.5. The van der Waals surface area contributed by atoms with Gasteiger partial charge in [-0.25, -0.2) is 4.98 Å². The van der Waals surface area contributed by atoms with Crippen LogP contribution in [0.2, 0.25) is 0 Å². The lowest BCUT2D eigenvalue weighted by molar-refractivity contribution is -0.118. The molecule has 112 valence electrons. The average molecular weight is 294 g/mol. The van der Waals surface area contributed by atoms with E-state index >= 15 is 0 Å². The molecular formula is C17H18N4O. The van der Waals surface area contributed by atoms with E-state index in [9.17, 15) is 4.79 Å². The number of fused-ring (bicyclic) bond motifs is 5. The maximum Gasteiger partial charge on any atom is 0.156 e. The molecule has 0 spiro atoms. The van der Waals surface area contributed by atoms with Gasteiger partial charge in [-0.05, 0) is 6.08 Å². The van der Waals surface area contributed by atoms with Gasteiger partial charge in [0, 0.05) is 23.6 Å². The third-order valence-corrected chi connectivity index (χ3v) is 4.12. The van der Waals surface area contributed by atoms with Gasteiger partial charge in [-0.15, -0.1) is 0 Å². The van der Waals surface area contributed by atoms with Crippen LogP contribution in [0.3, 0.4) is 0 Å². The summed E-state index contributed by atoms with van der Waals surface area (Å²) in [5.41, 5.74) is 4.82. The topological polar surface area (TPSA) is 61.9 Å². The Morgan fingerprint density at radius 2 is 2.14 bits per heavy atom. The molecule has 0 radical (unpaired) electrons. The van der Waals surface area contributed by atoms with Gasteiger partial charge < -0.3 is 9.88 Å². The lowest BCUT2D eigenvalue weighted by Crippen LogP contribution is -2.29. The van der Waals surface area contributed by atoms with Gasteiger partial charge >= 0.3 is 0 Å². The van der Waals surface area contributed by atoms with Crippen LogP contribution >= 0.6 is 0 Å². The van der Waals surface area contributed by atoms with Crippen LogP contribution in [0.15, 0.2) is 18.5 Å². The van der Waals surface area contributed by atoms with Gasteiger partial charge in [0.15, 0.2) is 5.78 Å². The Balaban J connectivity index is 1.92. The molecule has 0 fully saturated rings. The van der Waals surface area contributed by atoms with Crippen LogP contribution in [-0.4, -0.2) is 32.2 Å². The van der Waals surface area contributed by atoms with Crippen molar-refractivity contribution in [2.75, 3.05) is 6.54 Å². The Morgan fingerprint density at radius 3 is 2.91 bits per heavy atom. The molecule has 0 atom stereocenters. The van der Waals surface area contributed by atoms with Crippen LogP contribution in [0, 0.1) is 0 Å². The molecule has 2 aromatic rings. The molecule has 22 heavy (non-hydrogen) atoms. The molecule has 5 heteroatoms. The number of aromatic nitrogens is 3. The van der Waals surface area contributed by atoms with Gasteiger partial charge in [-0.2, -0.15) is 0 Å². The van der Waals surface area contributed by atoms with Gasteiger partial charge in [0.05, 0.1) is 35.2 Å². The highest BCUT2D eigenvalue weighted by Gasteiger charge is 2.27. The summed E-state index contributed by atoms with van der Waals surface area (Å²) in [5.74, 6) is 1.19. The number of hydrogen-bond donors (Lipinski definition) is 1. The maximum absolute atomic E-state index is 11.6. The normalized spacial score (nSPS) is 17.5. The zero-order valence-corrected chi connectivity index (χ0v) is 13.0. The van der Waals surface area contributed by atoms with Gasteiger partial charge in [-0.1, -0.05) is 26.8 Å². The maximum atomic E-state index is 11.6. The van der Waals surface area contributed by atoms with Crippen LogP contribution in [0.5, 0.6) is 0 Å². The van der Waals surface area contributed by atoms with E-state index in [1.807, 2.05) is 29.4 Å². The van der Waals surface area contributed by atoms with Crippen molar-refractivity contribution >= 4 is 28.6 Å². The van der Waals surface area contributed by atoms with Crippen molar-refractivity contribution < 1.29 is 4.79 Å². The molecule has 0 aliphatic carbocycles. The van der Waals surface area contributed by atoms with E-state index in [0.29, 0.717) is 13.0 Å². The third kappa shape index (κ3) is 1.89. The van der Waals surface area contributed by atoms with Crippen LogP contribution in [0.1, 0.15) is 44.3 Å². The second-order valence-electron chi connectivity index (χ2n) is 6.89. The highest BCUT2D eigenvalue weighted by Crippen LogP contribution is 2.34. The Bertz CT molecular complexity index is 851. The largest absolute Gasteiger partial charge is 0.340 e. The van der Waals surface area contributed by atoms with E-state index < -0.39 is 0 Å². The number of allylic oxidation sites excluding steroid dienone is 1. The van der Waals surface area contributed by atoms with E-state index in [-0.39, 0.29) is 11.2 Å². The molecule has 2 aromatic heterocycles. The molecule has 0 bridgehead atoms. The van der Waals surface area contributed by atoms with Gasteiger partial charge in [0.1, 0.15) is 5.82 Å². The summed E-state index contributed by atoms with van der Waals surface area (Å²) in [5, 5.41) is 0. The first-order chi connectivity index (χ1) is 10.4. The number of carbonyl (C=O) groups is 1. The molecule has 4 heterocycles. The average Bonchev–Trinajstić information content (AvgIpc) is 2.90. The summed E-state index contributed by atoms with van der Waals surface area (Å²) in [6.45, 7) is 6.83. The van der Waals surface area contributed by atoms with Crippen LogP contribution in [0.25, 0.3) is 22.8 Å². The minimum atomic E-state index is -0.0349. The predicted molar refractivity (Wildman–Crippen MR) is 85.9 cm³/mol. The quantitative estimate of drug-likeness (QED) is 0.811. The van der Waals surface area contributed by atoms with E-state index in [4.69, 9.17) is 4.98 Å². The molecule has 4 rings (SSSR count). The Hall–Kier alpha value is -2.43. The first-order valence-electron chi connectivity index (χ1n) is 7.50.